The van der Waals surface area contributed by atoms with E-state index in [9.17, 15) is 0 Å². The fourth-order valence-corrected chi connectivity index (χ4v) is 2.32. The highest BCUT2D eigenvalue weighted by atomic mass is 79.9. The Labute approximate surface area is 110 Å². The van der Waals surface area contributed by atoms with E-state index >= 15 is 0 Å². The van der Waals surface area contributed by atoms with Gasteiger partial charge in [-0.3, -0.25) is 0 Å². The van der Waals surface area contributed by atoms with Crippen molar-refractivity contribution in [1.29, 1.82) is 0 Å². The topological polar surface area (TPSA) is 52.0 Å². The van der Waals surface area contributed by atoms with E-state index in [0.29, 0.717) is 12.5 Å². The number of benzene rings is 1. The van der Waals surface area contributed by atoms with Crippen molar-refractivity contribution in [2.45, 2.75) is 32.6 Å². The molecule has 1 heterocycles. The maximum atomic E-state index is 5.83. The summed E-state index contributed by atoms with van der Waals surface area (Å²) in [6, 6.07) is 4.10. The van der Waals surface area contributed by atoms with E-state index < -0.39 is 0 Å². The number of aryl methyl sites for hydroxylation is 1. The Bertz CT molecular complexity index is 519. The van der Waals surface area contributed by atoms with Crippen LogP contribution in [0.5, 0.6) is 0 Å². The van der Waals surface area contributed by atoms with Crippen molar-refractivity contribution in [1.82, 2.24) is 4.98 Å². The molecule has 3 nitrogen and oxygen atoms in total. The number of nitrogens with zero attached hydrogens (tertiary/aromatic N) is 1. The zero-order chi connectivity index (χ0) is 12.4. The first-order valence-corrected chi connectivity index (χ1v) is 6.70. The van der Waals surface area contributed by atoms with Crippen molar-refractivity contribution >= 4 is 27.0 Å². The Morgan fingerprint density at radius 3 is 2.82 bits per heavy atom. The fourth-order valence-electron chi connectivity index (χ4n) is 1.86. The average molecular weight is 297 g/mol. The summed E-state index contributed by atoms with van der Waals surface area (Å²) in [5.74, 6) is 1.20. The van der Waals surface area contributed by atoms with Crippen LogP contribution in [0, 0.1) is 0 Å². The highest BCUT2D eigenvalue weighted by Crippen LogP contribution is 2.30. The van der Waals surface area contributed by atoms with Crippen molar-refractivity contribution in [3.63, 3.8) is 0 Å². The molecule has 0 saturated heterocycles. The summed E-state index contributed by atoms with van der Waals surface area (Å²) in [5.41, 5.74) is 8.53. The van der Waals surface area contributed by atoms with Crippen LogP contribution in [-0.4, -0.2) is 11.5 Å². The van der Waals surface area contributed by atoms with Gasteiger partial charge in [0.25, 0.3) is 0 Å². The largest absolute Gasteiger partial charge is 0.440 e. The average Bonchev–Trinajstić information content (AvgIpc) is 2.67. The molecule has 0 unspecified atom stereocenters. The van der Waals surface area contributed by atoms with Crippen LogP contribution < -0.4 is 5.73 Å². The molecule has 0 radical (unpaired) electrons. The molecule has 0 aliphatic rings. The predicted molar refractivity (Wildman–Crippen MR) is 73.2 cm³/mol. The van der Waals surface area contributed by atoms with Gasteiger partial charge in [0.2, 0.25) is 0 Å². The number of hydrogen-bond acceptors (Lipinski definition) is 3. The summed E-state index contributed by atoms with van der Waals surface area (Å²) in [4.78, 5) is 4.50. The highest BCUT2D eigenvalue weighted by molar-refractivity contribution is 9.10. The fraction of sp³-hybridized carbons (Fsp3) is 0.462. The normalized spacial score (nSPS) is 11.6. The minimum atomic E-state index is 0.422. The van der Waals surface area contributed by atoms with Crippen LogP contribution in [0.2, 0.25) is 0 Å². The van der Waals surface area contributed by atoms with Crippen molar-refractivity contribution in [2.75, 3.05) is 6.54 Å². The van der Waals surface area contributed by atoms with E-state index in [2.05, 4.69) is 40.8 Å². The Kier molecular flexibility index (Phi) is 3.84. The Morgan fingerprint density at radius 1 is 1.41 bits per heavy atom. The van der Waals surface area contributed by atoms with Crippen molar-refractivity contribution < 1.29 is 4.42 Å². The first kappa shape index (κ1) is 12.6. The number of aromatic nitrogens is 1. The first-order valence-electron chi connectivity index (χ1n) is 5.90. The molecule has 0 amide bonds. The van der Waals surface area contributed by atoms with Gasteiger partial charge in [-0.1, -0.05) is 29.8 Å². The zero-order valence-corrected chi connectivity index (χ0v) is 11.8. The molecular formula is C13H17BrN2O. The van der Waals surface area contributed by atoms with Crippen molar-refractivity contribution in [2.24, 2.45) is 5.73 Å². The van der Waals surface area contributed by atoms with Crippen molar-refractivity contribution in [3.05, 3.63) is 28.1 Å². The van der Waals surface area contributed by atoms with E-state index in [1.807, 2.05) is 6.07 Å². The minimum Gasteiger partial charge on any atom is -0.440 e. The van der Waals surface area contributed by atoms with E-state index in [1.165, 1.54) is 5.56 Å². The van der Waals surface area contributed by atoms with Crippen LogP contribution in [-0.2, 0) is 6.42 Å². The smallest absolute Gasteiger partial charge is 0.195 e. The minimum absolute atomic E-state index is 0.422. The summed E-state index contributed by atoms with van der Waals surface area (Å²) in [7, 11) is 0. The lowest BCUT2D eigenvalue weighted by Crippen LogP contribution is -2.00. The number of oxazole rings is 1. The Balaban J connectivity index is 2.47. The van der Waals surface area contributed by atoms with Gasteiger partial charge in [0.1, 0.15) is 5.52 Å². The second kappa shape index (κ2) is 5.19. The zero-order valence-electron chi connectivity index (χ0n) is 10.2. The van der Waals surface area contributed by atoms with E-state index in [-0.39, 0.29) is 0 Å². The summed E-state index contributed by atoms with van der Waals surface area (Å²) < 4.78 is 6.88. The van der Waals surface area contributed by atoms with Crippen molar-refractivity contribution in [3.8, 4) is 0 Å². The van der Waals surface area contributed by atoms with Gasteiger partial charge in [0.05, 0.1) is 0 Å². The maximum absolute atomic E-state index is 5.83. The molecule has 0 bridgehead atoms. The molecule has 17 heavy (non-hydrogen) atoms. The van der Waals surface area contributed by atoms with E-state index in [4.69, 9.17) is 10.2 Å². The van der Waals surface area contributed by atoms with Crippen LogP contribution in [0.1, 0.15) is 37.6 Å². The maximum Gasteiger partial charge on any atom is 0.195 e. The molecule has 1 aromatic heterocycles. The van der Waals surface area contributed by atoms with Gasteiger partial charge in [-0.15, -0.1) is 0 Å². The van der Waals surface area contributed by atoms with Crippen LogP contribution in [0.15, 0.2) is 21.0 Å². The molecule has 1 aromatic carbocycles. The van der Waals surface area contributed by atoms with E-state index in [1.54, 1.807) is 0 Å². The molecule has 0 spiro atoms. The second-order valence-corrected chi connectivity index (χ2v) is 5.41. The quantitative estimate of drug-likeness (QED) is 0.938. The molecule has 2 aromatic rings. The summed E-state index contributed by atoms with van der Waals surface area (Å²) in [6.07, 6.45) is 1.71. The SMILES string of the molecule is CC(C)c1cc(Br)cc2nc(CCCN)oc12. The standard InChI is InChI=1S/C13H17BrN2O/c1-8(2)10-6-9(14)7-11-13(10)17-12(16-11)4-3-5-15/h6-8H,3-5,15H2,1-2H3. The van der Waals surface area contributed by atoms with Gasteiger partial charge in [0, 0.05) is 16.5 Å². The molecular weight excluding hydrogens is 280 g/mol. The molecule has 2 rings (SSSR count). The molecule has 0 atom stereocenters. The number of nitrogens with two attached hydrogens (primary N) is 1. The van der Waals surface area contributed by atoms with Gasteiger partial charge in [-0.05, 0) is 31.0 Å². The summed E-state index contributed by atoms with van der Waals surface area (Å²) in [5, 5.41) is 0. The highest BCUT2D eigenvalue weighted by Gasteiger charge is 2.13. The summed E-state index contributed by atoms with van der Waals surface area (Å²) in [6.45, 7) is 4.98. The lowest BCUT2D eigenvalue weighted by molar-refractivity contribution is 0.517. The third-order valence-electron chi connectivity index (χ3n) is 2.74. The van der Waals surface area contributed by atoms with Gasteiger partial charge in [-0.25, -0.2) is 4.98 Å². The lowest BCUT2D eigenvalue weighted by atomic mass is 10.0. The van der Waals surface area contributed by atoms with Gasteiger partial charge in [0.15, 0.2) is 11.5 Å². The van der Waals surface area contributed by atoms with Crippen LogP contribution in [0.3, 0.4) is 0 Å². The third-order valence-corrected chi connectivity index (χ3v) is 3.20. The lowest BCUT2D eigenvalue weighted by Gasteiger charge is -2.05. The number of fused-ring (bicyclic) bond motifs is 1. The number of halogens is 1. The predicted octanol–water partition coefficient (Wildman–Crippen LogP) is 3.61. The third kappa shape index (κ3) is 2.69. The van der Waals surface area contributed by atoms with Gasteiger partial charge in [-0.2, -0.15) is 0 Å². The Hall–Kier alpha value is -0.870. The Morgan fingerprint density at radius 2 is 2.18 bits per heavy atom. The number of hydrogen-bond donors (Lipinski definition) is 1. The van der Waals surface area contributed by atoms with Gasteiger partial charge >= 0.3 is 0 Å². The molecule has 0 aliphatic heterocycles. The molecule has 0 fully saturated rings. The molecule has 0 saturated carbocycles. The molecule has 2 N–H and O–H groups in total. The summed E-state index contributed by atoms with van der Waals surface area (Å²) >= 11 is 3.51. The molecule has 92 valence electrons. The molecule has 4 heteroatoms. The van der Waals surface area contributed by atoms with Crippen LogP contribution in [0.25, 0.3) is 11.1 Å². The van der Waals surface area contributed by atoms with Crippen LogP contribution in [0.4, 0.5) is 0 Å². The van der Waals surface area contributed by atoms with Gasteiger partial charge < -0.3 is 10.2 Å². The monoisotopic (exact) mass is 296 g/mol. The second-order valence-electron chi connectivity index (χ2n) is 4.50. The number of rotatable bonds is 4. The van der Waals surface area contributed by atoms with Crippen LogP contribution >= 0.6 is 15.9 Å². The van der Waals surface area contributed by atoms with E-state index in [0.717, 1.165) is 34.3 Å². The molecule has 0 aliphatic carbocycles. The first-order chi connectivity index (χ1) is 8.11.